The molecule has 0 aromatic rings. The van der Waals surface area contributed by atoms with Crippen molar-refractivity contribution >= 4 is 65.5 Å². The maximum Gasteiger partial charge on any atom is 0.251 e. The largest absolute Gasteiger partial charge is 0.251 e. The Labute approximate surface area is 99.5 Å². The van der Waals surface area contributed by atoms with E-state index in [9.17, 15) is 0 Å². The van der Waals surface area contributed by atoms with Crippen LogP contribution in [0.25, 0.3) is 0 Å². The van der Waals surface area contributed by atoms with E-state index in [1.54, 1.807) is 0 Å². The first-order valence-corrected chi connectivity index (χ1v) is 10.4. The molecule has 0 rings (SSSR count). The highest BCUT2D eigenvalue weighted by Crippen LogP contribution is 1.68. The Morgan fingerprint density at radius 3 is 0.455 bits per heavy atom. The van der Waals surface area contributed by atoms with Crippen molar-refractivity contribution in [3.8, 4) is 0 Å². The Bertz CT molecular complexity index is 31.3. The lowest BCUT2D eigenvalue weighted by Gasteiger charge is -1.67. The predicted octanol–water partition coefficient (Wildman–Crippen LogP) is 4.01. The highest BCUT2D eigenvalue weighted by Gasteiger charge is 1.82. The maximum atomic E-state index is 2.31. The fraction of sp³-hybridized carbons (Fsp3) is 1.00. The van der Waals surface area contributed by atoms with Crippen LogP contribution >= 0.6 is 37.2 Å². The monoisotopic (exact) mass is 252 g/mol. The van der Waals surface area contributed by atoms with Crippen molar-refractivity contribution in [3.05, 3.63) is 0 Å². The smallest absolute Gasteiger partial charge is 0.147 e. The summed E-state index contributed by atoms with van der Waals surface area (Å²) in [5.41, 5.74) is 0. The molecule has 0 N–H and O–H groups in total. The molecule has 0 radical (unpaired) electrons. The average molecular weight is 254 g/mol. The van der Waals surface area contributed by atoms with Crippen molar-refractivity contribution < 1.29 is 0 Å². The fourth-order valence-corrected chi connectivity index (χ4v) is 0. The predicted molar refractivity (Wildman–Crippen MR) is 68.4 cm³/mol. The van der Waals surface area contributed by atoms with Gasteiger partial charge in [-0.15, -0.1) is 71.9 Å². The normalized spacial score (nSPS) is 4.91. The molecule has 0 spiro atoms. The Morgan fingerprint density at radius 1 is 0.455 bits per heavy atom. The summed E-state index contributed by atoms with van der Waals surface area (Å²) in [4.78, 5) is 0. The molecule has 0 aromatic carbocycles. The van der Waals surface area contributed by atoms with E-state index in [-0.39, 0.29) is 65.5 Å². The summed E-state index contributed by atoms with van der Waals surface area (Å²) in [6.07, 6.45) is 0. The number of halogens is 3. The van der Waals surface area contributed by atoms with Crippen LogP contribution < -0.4 is 0 Å². The van der Waals surface area contributed by atoms with Crippen LogP contribution in [0.4, 0.5) is 0 Å². The lowest BCUT2D eigenvalue weighted by molar-refractivity contribution is 1.91. The second-order valence-corrected chi connectivity index (χ2v) is 10.4. The van der Waals surface area contributed by atoms with E-state index in [0.717, 1.165) is 0 Å². The van der Waals surface area contributed by atoms with Crippen molar-refractivity contribution in [2.75, 3.05) is 0 Å². The molecule has 0 saturated heterocycles. The van der Waals surface area contributed by atoms with Crippen molar-refractivity contribution in [1.29, 1.82) is 0 Å². The van der Waals surface area contributed by atoms with E-state index in [4.69, 9.17) is 0 Å². The Balaban J connectivity index is -0.0000000171. The molecule has 11 heavy (non-hydrogen) atoms. The zero-order valence-electron chi connectivity index (χ0n) is 8.38. The van der Waals surface area contributed by atoms with Gasteiger partial charge >= 0.3 is 0 Å². The molecule has 0 saturated carbocycles. The summed E-state index contributed by atoms with van der Waals surface area (Å²) >= 11 is -0.278. The molecule has 0 heterocycles. The zero-order chi connectivity index (χ0) is 7.15. The van der Waals surface area contributed by atoms with Crippen LogP contribution in [-0.2, 0) is 0 Å². The van der Waals surface area contributed by atoms with Gasteiger partial charge in [0.05, 0.1) is 0 Å². The van der Waals surface area contributed by atoms with Gasteiger partial charge in [0.25, 0.3) is 28.3 Å². The fourth-order valence-electron chi connectivity index (χ4n) is 0. The average Bonchev–Trinajstić information content (AvgIpc) is 1.25. The number of hydrogen-bond donors (Lipinski definition) is 0. The highest BCUT2D eigenvalue weighted by molar-refractivity contribution is 6.54. The molecule has 0 aliphatic rings. The van der Waals surface area contributed by atoms with Gasteiger partial charge in [0.15, 0.2) is 0 Å². The van der Waals surface area contributed by atoms with Crippen LogP contribution in [0.2, 0.25) is 34.7 Å². The van der Waals surface area contributed by atoms with Gasteiger partial charge < -0.3 is 0 Å². The summed E-state index contributed by atoms with van der Waals surface area (Å²) < 4.78 is 0. The molecule has 0 fully saturated rings. The van der Waals surface area contributed by atoms with Crippen LogP contribution in [0.5, 0.6) is 0 Å². The molecule has 0 aliphatic carbocycles. The molecular weight excluding hydrogens is 232 g/mol. The number of rotatable bonds is 0. The van der Waals surface area contributed by atoms with Crippen molar-refractivity contribution in [3.63, 3.8) is 0 Å². The molecule has 0 unspecified atom stereocenters. The van der Waals surface area contributed by atoms with Gasteiger partial charge in [0, 0.05) is 0 Å². The third-order valence-corrected chi connectivity index (χ3v) is 0. The molecule has 0 atom stereocenters. The Hall–Kier alpha value is 1.93. The van der Waals surface area contributed by atoms with Crippen LogP contribution in [0, 0.1) is 0 Å². The van der Waals surface area contributed by atoms with Gasteiger partial charge in [-0.05, 0) is 0 Å². The second-order valence-electron chi connectivity index (χ2n) is 3.46. The highest BCUT2D eigenvalue weighted by atomic mass is 35.5. The van der Waals surface area contributed by atoms with Crippen LogP contribution in [0.15, 0.2) is 0 Å². The van der Waals surface area contributed by atoms with E-state index in [1.165, 1.54) is 0 Å². The molecule has 0 amide bonds. The summed E-state index contributed by atoms with van der Waals surface area (Å²) in [6.45, 7) is 0. The summed E-state index contributed by atoms with van der Waals surface area (Å²) in [5.74, 6) is 13.8. The van der Waals surface area contributed by atoms with E-state index in [2.05, 4.69) is 34.7 Å². The zero-order valence-corrected chi connectivity index (χ0v) is 13.1. The van der Waals surface area contributed by atoms with Crippen molar-refractivity contribution in [1.82, 2.24) is 0 Å². The first kappa shape index (κ1) is 29.3. The van der Waals surface area contributed by atoms with E-state index in [0.29, 0.717) is 0 Å². The Morgan fingerprint density at radius 2 is 0.455 bits per heavy atom. The van der Waals surface area contributed by atoms with E-state index in [1.807, 2.05) is 0 Å². The van der Waals surface area contributed by atoms with Gasteiger partial charge in [-0.2, -0.15) is 0 Å². The van der Waals surface area contributed by atoms with E-state index >= 15 is 0 Å². The minimum Gasteiger partial charge on any atom is -0.147 e. The first-order chi connectivity index (χ1) is 3.46. The van der Waals surface area contributed by atoms with Crippen molar-refractivity contribution in [2.24, 2.45) is 0 Å². The first-order valence-electron chi connectivity index (χ1n) is 3.46. The van der Waals surface area contributed by atoms with Gasteiger partial charge in [-0.25, -0.2) is 0 Å². The molecule has 0 aromatic heterocycles. The molecule has 5 heteroatoms. The van der Waals surface area contributed by atoms with Crippen molar-refractivity contribution in [2.45, 2.75) is 34.7 Å². The number of hydrogen-bond acceptors (Lipinski definition) is 0. The minimum absolute atomic E-state index is 0. The molecule has 72 valence electrons. The van der Waals surface area contributed by atoms with Crippen LogP contribution in [-0.4, -0.2) is 28.3 Å². The lowest BCUT2D eigenvalue weighted by Crippen LogP contribution is -1.84. The van der Waals surface area contributed by atoms with E-state index < -0.39 is 0 Å². The summed E-state index contributed by atoms with van der Waals surface area (Å²) in [5, 5.41) is 0. The molecule has 0 aliphatic heterocycles. The SMILES string of the molecule is Cl.Cl.Cl.[CH3][Al]([CH3])[CH3].[CH3][Al]([CH3])[CH3]. The lowest BCUT2D eigenvalue weighted by atomic mass is 11.8. The topological polar surface area (TPSA) is 0 Å². The Kier molecular flexibility index (Phi) is 60.3. The van der Waals surface area contributed by atoms with Gasteiger partial charge in [-0.3, -0.25) is 0 Å². The van der Waals surface area contributed by atoms with Crippen LogP contribution in [0.3, 0.4) is 0 Å². The quantitative estimate of drug-likeness (QED) is 0.572. The molecular formula is C6H21Al2Cl3. The standard InChI is InChI=1S/6CH3.2Al.3ClH/h6*1H3;;;3*1H. The summed E-state index contributed by atoms with van der Waals surface area (Å²) in [6, 6.07) is 0. The van der Waals surface area contributed by atoms with Gasteiger partial charge in [0.2, 0.25) is 0 Å². The minimum atomic E-state index is -0.139. The van der Waals surface area contributed by atoms with Gasteiger partial charge in [-0.1, -0.05) is 0 Å². The van der Waals surface area contributed by atoms with Crippen LogP contribution in [0.1, 0.15) is 0 Å². The maximum absolute atomic E-state index is 2.31. The summed E-state index contributed by atoms with van der Waals surface area (Å²) in [7, 11) is 0. The molecule has 0 bridgehead atoms. The van der Waals surface area contributed by atoms with Gasteiger partial charge in [0.1, 0.15) is 0 Å². The third kappa shape index (κ3) is 315. The third-order valence-electron chi connectivity index (χ3n) is 0. The second kappa shape index (κ2) is 22.7. The molecule has 0 nitrogen and oxygen atoms in total.